The van der Waals surface area contributed by atoms with Crippen LogP contribution in [0.5, 0.6) is 0 Å². The Balaban J connectivity index is 1.69. The highest BCUT2D eigenvalue weighted by Crippen LogP contribution is 2.26. The Bertz CT molecular complexity index is 287. The highest BCUT2D eigenvalue weighted by Gasteiger charge is 2.25. The quantitative estimate of drug-likeness (QED) is 0.847. The highest BCUT2D eigenvalue weighted by molar-refractivity contribution is 5.77. The van der Waals surface area contributed by atoms with E-state index in [4.69, 9.17) is 9.84 Å². The zero-order valence-electron chi connectivity index (χ0n) is 12.0. The van der Waals surface area contributed by atoms with E-state index >= 15 is 0 Å². The van der Waals surface area contributed by atoms with Crippen molar-refractivity contribution in [2.75, 3.05) is 26.3 Å². The molecule has 0 spiro atoms. The fourth-order valence-corrected chi connectivity index (χ4v) is 3.16. The van der Waals surface area contributed by atoms with Crippen LogP contribution in [0.3, 0.4) is 0 Å². The second-order valence-electron chi connectivity index (χ2n) is 6.12. The summed E-state index contributed by atoms with van der Waals surface area (Å²) >= 11 is 0. The first-order valence-corrected chi connectivity index (χ1v) is 7.71. The zero-order chi connectivity index (χ0) is 13.7. The standard InChI is InChI=1S/C15H27NO3/c1-12-4-2-3-5-14(12)19-11-15(18)16-8-6-13(10-17)7-9-16/h12-14,17H,2-11H2,1H3. The van der Waals surface area contributed by atoms with Crippen LogP contribution in [0.2, 0.25) is 0 Å². The minimum Gasteiger partial charge on any atom is -0.396 e. The number of aliphatic hydroxyl groups excluding tert-OH is 1. The summed E-state index contributed by atoms with van der Waals surface area (Å²) in [6.45, 7) is 4.25. The van der Waals surface area contributed by atoms with Crippen molar-refractivity contribution in [1.29, 1.82) is 0 Å². The van der Waals surface area contributed by atoms with E-state index in [0.29, 0.717) is 11.8 Å². The molecule has 2 unspecified atom stereocenters. The molecule has 1 aliphatic heterocycles. The van der Waals surface area contributed by atoms with Gasteiger partial charge in [0.05, 0.1) is 6.10 Å². The number of piperidine rings is 1. The van der Waals surface area contributed by atoms with Crippen LogP contribution in [0.1, 0.15) is 45.4 Å². The maximum absolute atomic E-state index is 12.1. The first-order valence-electron chi connectivity index (χ1n) is 7.71. The third-order valence-corrected chi connectivity index (χ3v) is 4.68. The molecule has 1 N–H and O–H groups in total. The molecule has 0 bridgehead atoms. The SMILES string of the molecule is CC1CCCCC1OCC(=O)N1CCC(CO)CC1. The molecule has 1 saturated heterocycles. The third-order valence-electron chi connectivity index (χ3n) is 4.68. The number of likely N-dealkylation sites (tertiary alicyclic amines) is 1. The molecule has 0 radical (unpaired) electrons. The van der Waals surface area contributed by atoms with E-state index in [9.17, 15) is 4.79 Å². The van der Waals surface area contributed by atoms with Crippen LogP contribution < -0.4 is 0 Å². The van der Waals surface area contributed by atoms with Gasteiger partial charge >= 0.3 is 0 Å². The van der Waals surface area contributed by atoms with Crippen LogP contribution in [0, 0.1) is 11.8 Å². The van der Waals surface area contributed by atoms with Crippen LogP contribution >= 0.6 is 0 Å². The lowest BCUT2D eigenvalue weighted by atomic mass is 9.88. The molecule has 2 atom stereocenters. The largest absolute Gasteiger partial charge is 0.396 e. The van der Waals surface area contributed by atoms with E-state index in [2.05, 4.69) is 6.92 Å². The normalized spacial score (nSPS) is 29.5. The number of ether oxygens (including phenoxy) is 1. The minimum atomic E-state index is 0.120. The molecule has 0 aromatic heterocycles. The Hall–Kier alpha value is -0.610. The van der Waals surface area contributed by atoms with Gasteiger partial charge in [-0.2, -0.15) is 0 Å². The first kappa shape index (κ1) is 14.8. The molecule has 1 aliphatic carbocycles. The van der Waals surface area contributed by atoms with Gasteiger partial charge in [-0.25, -0.2) is 0 Å². The van der Waals surface area contributed by atoms with Crippen LogP contribution in [-0.2, 0) is 9.53 Å². The number of carbonyl (C=O) groups is 1. The van der Waals surface area contributed by atoms with Crippen LogP contribution in [0.4, 0.5) is 0 Å². The molecule has 0 aromatic carbocycles. The van der Waals surface area contributed by atoms with Gasteiger partial charge in [0.15, 0.2) is 0 Å². The number of amides is 1. The van der Waals surface area contributed by atoms with Crippen molar-refractivity contribution in [1.82, 2.24) is 4.90 Å². The van der Waals surface area contributed by atoms with Crippen molar-refractivity contribution in [3.63, 3.8) is 0 Å². The number of carbonyl (C=O) groups excluding carboxylic acids is 1. The molecule has 2 fully saturated rings. The van der Waals surface area contributed by atoms with Gasteiger partial charge in [0, 0.05) is 19.7 Å². The zero-order valence-corrected chi connectivity index (χ0v) is 12.0. The van der Waals surface area contributed by atoms with E-state index < -0.39 is 0 Å². The third kappa shape index (κ3) is 4.18. The lowest BCUT2D eigenvalue weighted by Gasteiger charge is -2.33. The molecule has 1 heterocycles. The molecule has 4 nitrogen and oxygen atoms in total. The fourth-order valence-electron chi connectivity index (χ4n) is 3.16. The molecule has 2 rings (SSSR count). The average Bonchev–Trinajstić information content (AvgIpc) is 2.46. The Kier molecular flexibility index (Phi) is 5.64. The topological polar surface area (TPSA) is 49.8 Å². The monoisotopic (exact) mass is 269 g/mol. The summed E-state index contributed by atoms with van der Waals surface area (Å²) in [6.07, 6.45) is 6.95. The van der Waals surface area contributed by atoms with Crippen molar-refractivity contribution in [2.24, 2.45) is 11.8 Å². The predicted octanol–water partition coefficient (Wildman–Crippen LogP) is 1.81. The maximum atomic E-state index is 12.1. The van der Waals surface area contributed by atoms with Gasteiger partial charge < -0.3 is 14.7 Å². The van der Waals surface area contributed by atoms with E-state index in [1.165, 1.54) is 19.3 Å². The summed E-state index contributed by atoms with van der Waals surface area (Å²) in [5, 5.41) is 9.09. The first-order chi connectivity index (χ1) is 9.20. The Labute approximate surface area is 116 Å². The molecular weight excluding hydrogens is 242 g/mol. The molecule has 1 saturated carbocycles. The summed E-state index contributed by atoms with van der Waals surface area (Å²) < 4.78 is 5.82. The average molecular weight is 269 g/mol. The second kappa shape index (κ2) is 7.25. The maximum Gasteiger partial charge on any atom is 0.248 e. The van der Waals surface area contributed by atoms with Gasteiger partial charge in [-0.3, -0.25) is 4.79 Å². The van der Waals surface area contributed by atoms with Gasteiger partial charge in [0.1, 0.15) is 6.61 Å². The number of hydrogen-bond acceptors (Lipinski definition) is 3. The van der Waals surface area contributed by atoms with Gasteiger partial charge in [-0.1, -0.05) is 19.8 Å². The fraction of sp³-hybridized carbons (Fsp3) is 0.933. The molecule has 1 amide bonds. The lowest BCUT2D eigenvalue weighted by Crippen LogP contribution is -2.42. The van der Waals surface area contributed by atoms with Gasteiger partial charge in [0.2, 0.25) is 5.91 Å². The summed E-state index contributed by atoms with van der Waals surface area (Å²) in [4.78, 5) is 14.0. The number of hydrogen-bond donors (Lipinski definition) is 1. The van der Waals surface area contributed by atoms with E-state index in [1.54, 1.807) is 0 Å². The molecular formula is C15H27NO3. The van der Waals surface area contributed by atoms with Gasteiger partial charge in [-0.15, -0.1) is 0 Å². The summed E-state index contributed by atoms with van der Waals surface area (Å²) in [5.74, 6) is 1.08. The van der Waals surface area contributed by atoms with Crippen LogP contribution in [0.15, 0.2) is 0 Å². The number of aliphatic hydroxyl groups is 1. The summed E-state index contributed by atoms with van der Waals surface area (Å²) in [5.41, 5.74) is 0. The Morgan fingerprint density at radius 2 is 1.89 bits per heavy atom. The van der Waals surface area contributed by atoms with Gasteiger partial charge in [0.25, 0.3) is 0 Å². The van der Waals surface area contributed by atoms with Crippen molar-refractivity contribution >= 4 is 5.91 Å². The summed E-state index contributed by atoms with van der Waals surface area (Å²) in [6, 6.07) is 0. The second-order valence-corrected chi connectivity index (χ2v) is 6.12. The van der Waals surface area contributed by atoms with E-state index in [0.717, 1.165) is 32.4 Å². The minimum absolute atomic E-state index is 0.120. The van der Waals surface area contributed by atoms with Crippen molar-refractivity contribution in [3.8, 4) is 0 Å². The smallest absolute Gasteiger partial charge is 0.248 e. The molecule has 19 heavy (non-hydrogen) atoms. The van der Waals surface area contributed by atoms with Crippen molar-refractivity contribution < 1.29 is 14.6 Å². The molecule has 110 valence electrons. The van der Waals surface area contributed by atoms with Crippen molar-refractivity contribution in [3.05, 3.63) is 0 Å². The van der Waals surface area contributed by atoms with Crippen molar-refractivity contribution in [2.45, 2.75) is 51.6 Å². The number of rotatable bonds is 4. The lowest BCUT2D eigenvalue weighted by molar-refractivity contribution is -0.141. The van der Waals surface area contributed by atoms with Crippen LogP contribution in [0.25, 0.3) is 0 Å². The molecule has 4 heteroatoms. The molecule has 2 aliphatic rings. The highest BCUT2D eigenvalue weighted by atomic mass is 16.5. The number of nitrogens with zero attached hydrogens (tertiary/aromatic N) is 1. The van der Waals surface area contributed by atoms with E-state index in [1.807, 2.05) is 4.90 Å². The van der Waals surface area contributed by atoms with Crippen LogP contribution in [-0.4, -0.2) is 48.3 Å². The van der Waals surface area contributed by atoms with E-state index in [-0.39, 0.29) is 25.2 Å². The predicted molar refractivity (Wildman–Crippen MR) is 73.8 cm³/mol. The van der Waals surface area contributed by atoms with Gasteiger partial charge in [-0.05, 0) is 37.5 Å². The summed E-state index contributed by atoms with van der Waals surface area (Å²) in [7, 11) is 0. The Morgan fingerprint density at radius 1 is 1.21 bits per heavy atom. The molecule has 0 aromatic rings. The Morgan fingerprint density at radius 3 is 2.53 bits per heavy atom.